The third kappa shape index (κ3) is 5.23. The summed E-state index contributed by atoms with van der Waals surface area (Å²) in [7, 11) is 0. The van der Waals surface area contributed by atoms with Crippen LogP contribution in [0.1, 0.15) is 46.0 Å². The smallest absolute Gasteiger partial charge is 0.208 e. The van der Waals surface area contributed by atoms with Gasteiger partial charge in [-0.1, -0.05) is 12.8 Å². The van der Waals surface area contributed by atoms with Crippen LogP contribution in [0, 0.1) is 0 Å². The lowest BCUT2D eigenvalue weighted by Gasteiger charge is -2.29. The van der Waals surface area contributed by atoms with E-state index in [4.69, 9.17) is 10.6 Å². The van der Waals surface area contributed by atoms with Crippen molar-refractivity contribution < 1.29 is 4.74 Å². The van der Waals surface area contributed by atoms with Gasteiger partial charge in [0.25, 0.3) is 0 Å². The van der Waals surface area contributed by atoms with Gasteiger partial charge in [0.1, 0.15) is 0 Å². The van der Waals surface area contributed by atoms with Gasteiger partial charge in [0.2, 0.25) is 5.96 Å². The topological polar surface area (TPSA) is 62.9 Å². The van der Waals surface area contributed by atoms with Crippen molar-refractivity contribution in [2.24, 2.45) is 10.8 Å². The van der Waals surface area contributed by atoms with Crippen LogP contribution < -0.4 is 11.3 Å². The van der Waals surface area contributed by atoms with E-state index in [0.717, 1.165) is 38.7 Å². The highest BCUT2D eigenvalue weighted by atomic mass is 16.5. The first-order chi connectivity index (χ1) is 8.79. The zero-order chi connectivity index (χ0) is 13.2. The largest absolute Gasteiger partial charge is 0.382 e. The summed E-state index contributed by atoms with van der Waals surface area (Å²) >= 11 is 0. The van der Waals surface area contributed by atoms with Gasteiger partial charge in [0.05, 0.1) is 0 Å². The van der Waals surface area contributed by atoms with Crippen LogP contribution in [0.5, 0.6) is 0 Å². The molecule has 1 fully saturated rings. The highest BCUT2D eigenvalue weighted by Crippen LogP contribution is 2.16. The van der Waals surface area contributed by atoms with Crippen LogP contribution in [-0.4, -0.2) is 43.2 Å². The summed E-state index contributed by atoms with van der Waals surface area (Å²) in [6, 6.07) is 0.522. The normalized spacial score (nSPS) is 21.8. The minimum Gasteiger partial charge on any atom is -0.382 e. The Morgan fingerprint density at radius 1 is 1.44 bits per heavy atom. The fourth-order valence-corrected chi connectivity index (χ4v) is 2.30. The summed E-state index contributed by atoms with van der Waals surface area (Å²) in [6.07, 6.45) is 6.01. The van der Waals surface area contributed by atoms with Gasteiger partial charge >= 0.3 is 0 Å². The number of hydrogen-bond donors (Lipinski definition) is 2. The van der Waals surface area contributed by atoms with Crippen LogP contribution in [-0.2, 0) is 4.74 Å². The van der Waals surface area contributed by atoms with E-state index < -0.39 is 0 Å². The maximum Gasteiger partial charge on any atom is 0.208 e. The molecule has 0 aromatic heterocycles. The molecule has 0 aromatic rings. The molecule has 0 bridgehead atoms. The third-order valence-electron chi connectivity index (χ3n) is 3.37. The zero-order valence-corrected chi connectivity index (χ0v) is 11.8. The molecule has 18 heavy (non-hydrogen) atoms. The lowest BCUT2D eigenvalue weighted by atomic mass is 10.1. The SMILES string of the molecule is CCOCCCN=C(NN)N1CCCCCC1C. The summed E-state index contributed by atoms with van der Waals surface area (Å²) in [6.45, 7) is 7.62. The highest BCUT2D eigenvalue weighted by molar-refractivity contribution is 5.79. The molecular weight excluding hydrogens is 228 g/mol. The molecule has 1 saturated heterocycles. The standard InChI is InChI=1S/C13H28N4O/c1-3-18-11-7-9-15-13(16-14)17-10-6-4-5-8-12(17)2/h12H,3-11,14H2,1-2H3,(H,15,16). The van der Waals surface area contributed by atoms with Crippen LogP contribution in [0.4, 0.5) is 0 Å². The van der Waals surface area contributed by atoms with Crippen LogP contribution in [0.25, 0.3) is 0 Å². The number of nitrogens with zero attached hydrogens (tertiary/aromatic N) is 2. The van der Waals surface area contributed by atoms with Crippen molar-refractivity contribution in [2.75, 3.05) is 26.3 Å². The number of ether oxygens (including phenoxy) is 1. The second-order valence-corrected chi connectivity index (χ2v) is 4.79. The number of hydrogen-bond acceptors (Lipinski definition) is 3. The van der Waals surface area contributed by atoms with Gasteiger partial charge in [-0.3, -0.25) is 10.4 Å². The molecule has 5 heteroatoms. The van der Waals surface area contributed by atoms with Gasteiger partial charge in [0.15, 0.2) is 0 Å². The number of nitrogens with two attached hydrogens (primary N) is 1. The molecule has 5 nitrogen and oxygen atoms in total. The van der Waals surface area contributed by atoms with Gasteiger partial charge in [-0.05, 0) is 33.1 Å². The zero-order valence-electron chi connectivity index (χ0n) is 11.8. The number of nitrogens with one attached hydrogen (secondary N) is 1. The van der Waals surface area contributed by atoms with Crippen LogP contribution >= 0.6 is 0 Å². The van der Waals surface area contributed by atoms with E-state index in [1.165, 1.54) is 25.7 Å². The molecule has 1 heterocycles. The van der Waals surface area contributed by atoms with E-state index in [1.54, 1.807) is 0 Å². The molecule has 106 valence electrons. The quantitative estimate of drug-likeness (QED) is 0.257. The number of aliphatic imine (C=N–C) groups is 1. The Bertz CT molecular complexity index is 245. The van der Waals surface area contributed by atoms with Crippen molar-refractivity contribution in [2.45, 2.75) is 52.0 Å². The van der Waals surface area contributed by atoms with Crippen LogP contribution in [0.15, 0.2) is 4.99 Å². The number of likely N-dealkylation sites (tertiary alicyclic amines) is 1. The number of rotatable bonds is 5. The molecular formula is C13H28N4O. The fourth-order valence-electron chi connectivity index (χ4n) is 2.30. The Hall–Kier alpha value is -0.810. The molecule has 1 aliphatic rings. The van der Waals surface area contributed by atoms with Gasteiger partial charge in [-0.15, -0.1) is 0 Å². The van der Waals surface area contributed by atoms with E-state index in [0.29, 0.717) is 6.04 Å². The summed E-state index contributed by atoms with van der Waals surface area (Å²) in [5, 5.41) is 0. The number of guanidine groups is 1. The summed E-state index contributed by atoms with van der Waals surface area (Å²) in [5.41, 5.74) is 2.76. The monoisotopic (exact) mass is 256 g/mol. The maximum atomic E-state index is 5.60. The van der Waals surface area contributed by atoms with Crippen molar-refractivity contribution >= 4 is 5.96 Å². The second kappa shape index (κ2) is 9.16. The Morgan fingerprint density at radius 2 is 2.28 bits per heavy atom. The molecule has 0 aromatic carbocycles. The second-order valence-electron chi connectivity index (χ2n) is 4.79. The summed E-state index contributed by atoms with van der Waals surface area (Å²) in [5.74, 6) is 6.44. The van der Waals surface area contributed by atoms with Crippen molar-refractivity contribution in [1.82, 2.24) is 10.3 Å². The van der Waals surface area contributed by atoms with Crippen molar-refractivity contribution in [3.05, 3.63) is 0 Å². The first-order valence-corrected chi connectivity index (χ1v) is 7.15. The molecule has 0 amide bonds. The average molecular weight is 256 g/mol. The molecule has 1 rings (SSSR count). The highest BCUT2D eigenvalue weighted by Gasteiger charge is 2.19. The molecule has 1 aliphatic heterocycles. The Kier molecular flexibility index (Phi) is 7.76. The lowest BCUT2D eigenvalue weighted by Crippen LogP contribution is -2.48. The van der Waals surface area contributed by atoms with E-state index >= 15 is 0 Å². The number of hydrazine groups is 1. The first kappa shape index (κ1) is 15.2. The van der Waals surface area contributed by atoms with E-state index in [1.807, 2.05) is 6.92 Å². The predicted octanol–water partition coefficient (Wildman–Crippen LogP) is 1.50. The fraction of sp³-hybridized carbons (Fsp3) is 0.923. The predicted molar refractivity (Wildman–Crippen MR) is 75.4 cm³/mol. The van der Waals surface area contributed by atoms with E-state index in [-0.39, 0.29) is 0 Å². The van der Waals surface area contributed by atoms with Gasteiger partial charge < -0.3 is 9.64 Å². The molecule has 0 saturated carbocycles. The van der Waals surface area contributed by atoms with Crippen molar-refractivity contribution in [1.29, 1.82) is 0 Å². The summed E-state index contributed by atoms with van der Waals surface area (Å²) < 4.78 is 5.30. The molecule has 1 atom stereocenters. The Morgan fingerprint density at radius 3 is 3.00 bits per heavy atom. The maximum absolute atomic E-state index is 5.60. The van der Waals surface area contributed by atoms with Gasteiger partial charge in [-0.2, -0.15) is 0 Å². The Balaban J connectivity index is 2.43. The summed E-state index contributed by atoms with van der Waals surface area (Å²) in [4.78, 5) is 6.86. The lowest BCUT2D eigenvalue weighted by molar-refractivity contribution is 0.146. The molecule has 3 N–H and O–H groups in total. The molecule has 0 spiro atoms. The van der Waals surface area contributed by atoms with Crippen LogP contribution in [0.2, 0.25) is 0 Å². The first-order valence-electron chi connectivity index (χ1n) is 7.15. The van der Waals surface area contributed by atoms with E-state index in [2.05, 4.69) is 22.2 Å². The van der Waals surface area contributed by atoms with E-state index in [9.17, 15) is 0 Å². The van der Waals surface area contributed by atoms with Crippen molar-refractivity contribution in [3.8, 4) is 0 Å². The minimum absolute atomic E-state index is 0.522. The molecule has 0 aliphatic carbocycles. The minimum atomic E-state index is 0.522. The molecule has 0 radical (unpaired) electrons. The Labute approximate surface area is 111 Å². The molecule has 1 unspecified atom stereocenters. The van der Waals surface area contributed by atoms with Crippen LogP contribution in [0.3, 0.4) is 0 Å². The van der Waals surface area contributed by atoms with Crippen molar-refractivity contribution in [3.63, 3.8) is 0 Å². The van der Waals surface area contributed by atoms with Gasteiger partial charge in [-0.25, -0.2) is 5.84 Å². The third-order valence-corrected chi connectivity index (χ3v) is 3.37. The van der Waals surface area contributed by atoms with Gasteiger partial charge in [0, 0.05) is 32.3 Å². The average Bonchev–Trinajstić information content (AvgIpc) is 2.59.